The Bertz CT molecular complexity index is 669. The summed E-state index contributed by atoms with van der Waals surface area (Å²) in [6, 6.07) is 9.20. The van der Waals surface area contributed by atoms with Crippen LogP contribution in [0.4, 0.5) is 0 Å². The predicted octanol–water partition coefficient (Wildman–Crippen LogP) is 4.68. The van der Waals surface area contributed by atoms with Crippen LogP contribution in [-0.2, 0) is 11.2 Å². The number of aryl methyl sites for hydroxylation is 3. The second-order valence-corrected chi connectivity index (χ2v) is 5.59. The minimum Gasteiger partial charge on any atom is -0.481 e. The Kier molecular flexibility index (Phi) is 4.53. The highest BCUT2D eigenvalue weighted by atomic mass is 35.5. The summed E-state index contributed by atoms with van der Waals surface area (Å²) in [4.78, 5) is 11.0. The van der Waals surface area contributed by atoms with Gasteiger partial charge in [-0.15, -0.1) is 0 Å². The summed E-state index contributed by atoms with van der Waals surface area (Å²) in [6.45, 7) is 5.76. The molecule has 2 aromatic rings. The van der Waals surface area contributed by atoms with Gasteiger partial charge in [0, 0.05) is 10.6 Å². The average Bonchev–Trinajstić information content (AvgIpc) is 2.35. The van der Waals surface area contributed by atoms with E-state index in [2.05, 4.69) is 0 Å². The molecule has 4 heteroatoms. The molecule has 2 aromatic carbocycles. The first kappa shape index (κ1) is 15.4. The van der Waals surface area contributed by atoms with E-state index in [0.29, 0.717) is 16.3 Å². The van der Waals surface area contributed by atoms with E-state index in [1.165, 1.54) is 0 Å². The number of carbonyl (C=O) groups is 1. The zero-order chi connectivity index (χ0) is 15.6. The minimum absolute atomic E-state index is 0.0668. The van der Waals surface area contributed by atoms with Gasteiger partial charge in [-0.1, -0.05) is 29.3 Å². The van der Waals surface area contributed by atoms with Gasteiger partial charge in [-0.05, 0) is 50.1 Å². The summed E-state index contributed by atoms with van der Waals surface area (Å²) in [5.41, 5.74) is 3.50. The van der Waals surface area contributed by atoms with Crippen LogP contribution in [0.1, 0.15) is 22.3 Å². The number of aliphatic carboxylic acids is 1. The van der Waals surface area contributed by atoms with Gasteiger partial charge in [-0.2, -0.15) is 0 Å². The average molecular weight is 305 g/mol. The molecule has 0 fully saturated rings. The Morgan fingerprint density at radius 3 is 2.33 bits per heavy atom. The van der Waals surface area contributed by atoms with E-state index in [-0.39, 0.29) is 6.42 Å². The van der Waals surface area contributed by atoms with Crippen LogP contribution >= 0.6 is 11.6 Å². The SMILES string of the molecule is Cc1ccc(Oc2c(C)cc(Cl)cc2C)c(CC(=O)O)c1. The lowest BCUT2D eigenvalue weighted by Gasteiger charge is -2.15. The molecule has 2 rings (SSSR count). The van der Waals surface area contributed by atoms with Crippen LogP contribution in [0.15, 0.2) is 30.3 Å². The van der Waals surface area contributed by atoms with Crippen molar-refractivity contribution in [3.05, 3.63) is 57.6 Å². The van der Waals surface area contributed by atoms with Gasteiger partial charge in [0.15, 0.2) is 0 Å². The van der Waals surface area contributed by atoms with Gasteiger partial charge in [-0.25, -0.2) is 0 Å². The number of carboxylic acids is 1. The lowest BCUT2D eigenvalue weighted by atomic mass is 10.1. The molecule has 0 atom stereocenters. The van der Waals surface area contributed by atoms with E-state index in [1.807, 2.05) is 45.0 Å². The maximum Gasteiger partial charge on any atom is 0.307 e. The van der Waals surface area contributed by atoms with Crippen molar-refractivity contribution in [3.63, 3.8) is 0 Å². The number of hydrogen-bond acceptors (Lipinski definition) is 2. The normalized spacial score (nSPS) is 10.5. The van der Waals surface area contributed by atoms with Crippen molar-refractivity contribution < 1.29 is 14.6 Å². The van der Waals surface area contributed by atoms with Crippen molar-refractivity contribution in [2.24, 2.45) is 0 Å². The molecule has 0 aliphatic rings. The van der Waals surface area contributed by atoms with Gasteiger partial charge >= 0.3 is 5.97 Å². The van der Waals surface area contributed by atoms with Gasteiger partial charge in [0.1, 0.15) is 11.5 Å². The van der Waals surface area contributed by atoms with Crippen LogP contribution < -0.4 is 4.74 Å². The van der Waals surface area contributed by atoms with Gasteiger partial charge in [-0.3, -0.25) is 4.79 Å². The molecule has 0 aliphatic heterocycles. The van der Waals surface area contributed by atoms with Crippen LogP contribution in [0, 0.1) is 20.8 Å². The summed E-state index contributed by atoms with van der Waals surface area (Å²) < 4.78 is 5.96. The van der Waals surface area contributed by atoms with Crippen molar-refractivity contribution in [3.8, 4) is 11.5 Å². The lowest BCUT2D eigenvalue weighted by Crippen LogP contribution is -2.03. The molecule has 1 N–H and O–H groups in total. The molecular weight excluding hydrogens is 288 g/mol. The summed E-state index contributed by atoms with van der Waals surface area (Å²) >= 11 is 6.01. The number of halogens is 1. The largest absolute Gasteiger partial charge is 0.481 e. The van der Waals surface area contributed by atoms with Gasteiger partial charge < -0.3 is 9.84 Å². The van der Waals surface area contributed by atoms with Crippen LogP contribution in [0.2, 0.25) is 5.02 Å². The van der Waals surface area contributed by atoms with E-state index >= 15 is 0 Å². The number of carboxylic acid groups (broad SMARTS) is 1. The Labute approximate surface area is 129 Å². The molecule has 0 radical (unpaired) electrons. The van der Waals surface area contributed by atoms with Gasteiger partial charge in [0.25, 0.3) is 0 Å². The smallest absolute Gasteiger partial charge is 0.307 e. The maximum atomic E-state index is 11.0. The van der Waals surface area contributed by atoms with E-state index in [9.17, 15) is 4.79 Å². The number of hydrogen-bond donors (Lipinski definition) is 1. The summed E-state index contributed by atoms with van der Waals surface area (Å²) in [5, 5.41) is 9.68. The maximum absolute atomic E-state index is 11.0. The van der Waals surface area contributed by atoms with Crippen LogP contribution in [0.5, 0.6) is 11.5 Å². The first-order valence-corrected chi connectivity index (χ1v) is 7.00. The van der Waals surface area contributed by atoms with Crippen LogP contribution in [-0.4, -0.2) is 11.1 Å². The number of rotatable bonds is 4. The Balaban J connectivity index is 2.42. The molecule has 0 saturated heterocycles. The second-order valence-electron chi connectivity index (χ2n) is 5.15. The van der Waals surface area contributed by atoms with Crippen molar-refractivity contribution in [1.29, 1.82) is 0 Å². The molecule has 0 heterocycles. The number of ether oxygens (including phenoxy) is 1. The molecular formula is C17H17ClO3. The fourth-order valence-corrected chi connectivity index (χ4v) is 2.60. The highest BCUT2D eigenvalue weighted by molar-refractivity contribution is 6.30. The third-order valence-electron chi connectivity index (χ3n) is 3.19. The quantitative estimate of drug-likeness (QED) is 0.891. The fraction of sp³-hybridized carbons (Fsp3) is 0.235. The fourth-order valence-electron chi connectivity index (χ4n) is 2.28. The molecule has 0 bridgehead atoms. The van der Waals surface area contributed by atoms with Crippen LogP contribution in [0.3, 0.4) is 0 Å². The van der Waals surface area contributed by atoms with E-state index in [0.717, 1.165) is 22.4 Å². The zero-order valence-electron chi connectivity index (χ0n) is 12.2. The summed E-state index contributed by atoms with van der Waals surface area (Å²) in [6.07, 6.45) is -0.0668. The Morgan fingerprint density at radius 1 is 1.14 bits per heavy atom. The molecule has 110 valence electrons. The third kappa shape index (κ3) is 3.76. The first-order chi connectivity index (χ1) is 9.86. The van der Waals surface area contributed by atoms with Crippen molar-refractivity contribution in [2.75, 3.05) is 0 Å². The Hall–Kier alpha value is -2.00. The Morgan fingerprint density at radius 2 is 1.76 bits per heavy atom. The number of benzene rings is 2. The molecule has 21 heavy (non-hydrogen) atoms. The van der Waals surface area contributed by atoms with Crippen molar-refractivity contribution >= 4 is 17.6 Å². The summed E-state index contributed by atoms with van der Waals surface area (Å²) in [7, 11) is 0. The van der Waals surface area contributed by atoms with Crippen LogP contribution in [0.25, 0.3) is 0 Å². The molecule has 0 aliphatic carbocycles. The molecule has 3 nitrogen and oxygen atoms in total. The monoisotopic (exact) mass is 304 g/mol. The third-order valence-corrected chi connectivity index (χ3v) is 3.41. The minimum atomic E-state index is -0.880. The highest BCUT2D eigenvalue weighted by Gasteiger charge is 2.12. The topological polar surface area (TPSA) is 46.5 Å². The highest BCUT2D eigenvalue weighted by Crippen LogP contribution is 2.33. The predicted molar refractivity (Wildman–Crippen MR) is 83.5 cm³/mol. The molecule has 0 amide bonds. The molecule has 0 spiro atoms. The van der Waals surface area contributed by atoms with Gasteiger partial charge in [0.2, 0.25) is 0 Å². The van der Waals surface area contributed by atoms with Crippen molar-refractivity contribution in [1.82, 2.24) is 0 Å². The lowest BCUT2D eigenvalue weighted by molar-refractivity contribution is -0.136. The van der Waals surface area contributed by atoms with E-state index in [4.69, 9.17) is 21.4 Å². The first-order valence-electron chi connectivity index (χ1n) is 6.62. The molecule has 0 saturated carbocycles. The molecule has 0 aromatic heterocycles. The second kappa shape index (κ2) is 6.19. The van der Waals surface area contributed by atoms with Gasteiger partial charge in [0.05, 0.1) is 6.42 Å². The van der Waals surface area contributed by atoms with E-state index in [1.54, 1.807) is 6.07 Å². The zero-order valence-corrected chi connectivity index (χ0v) is 13.0. The standard InChI is InChI=1S/C17H17ClO3/c1-10-4-5-15(13(6-10)9-16(19)20)21-17-11(2)7-14(18)8-12(17)3/h4-8H,9H2,1-3H3,(H,19,20). The van der Waals surface area contributed by atoms with E-state index < -0.39 is 5.97 Å². The van der Waals surface area contributed by atoms with Crippen molar-refractivity contribution in [2.45, 2.75) is 27.2 Å². The molecule has 0 unspecified atom stereocenters. The summed E-state index contributed by atoms with van der Waals surface area (Å²) in [5.74, 6) is 0.404.